The second kappa shape index (κ2) is 5.46. The number of aryl methyl sites for hydroxylation is 1. The molecule has 0 aliphatic carbocycles. The molecule has 0 aliphatic rings. The van der Waals surface area contributed by atoms with Gasteiger partial charge < -0.3 is 10.4 Å². The maximum atomic E-state index is 11.7. The van der Waals surface area contributed by atoms with Gasteiger partial charge in [-0.2, -0.15) is 0 Å². The van der Waals surface area contributed by atoms with Gasteiger partial charge in [0.05, 0.1) is 6.61 Å². The van der Waals surface area contributed by atoms with Gasteiger partial charge in [-0.1, -0.05) is 6.07 Å². The summed E-state index contributed by atoms with van der Waals surface area (Å²) >= 11 is 2.20. The van der Waals surface area contributed by atoms with E-state index in [1.807, 2.05) is 19.1 Å². The third-order valence-corrected chi connectivity index (χ3v) is 3.25. The number of hydrogen-bond donors (Lipinski definition) is 2. The summed E-state index contributed by atoms with van der Waals surface area (Å²) in [5.41, 5.74) is 1.78. The molecule has 0 aromatic heterocycles. The molecule has 0 bridgehead atoms. The van der Waals surface area contributed by atoms with E-state index in [9.17, 15) is 4.79 Å². The van der Waals surface area contributed by atoms with Crippen LogP contribution >= 0.6 is 22.6 Å². The molecule has 0 saturated carbocycles. The minimum atomic E-state index is -0.212. The summed E-state index contributed by atoms with van der Waals surface area (Å²) in [6, 6.07) is 5.34. The van der Waals surface area contributed by atoms with Crippen molar-refractivity contribution in [1.29, 1.82) is 0 Å². The Morgan fingerprint density at radius 2 is 2.27 bits per heavy atom. The molecule has 0 radical (unpaired) electrons. The summed E-state index contributed by atoms with van der Waals surface area (Å²) in [6.07, 6.45) is 0. The maximum Gasteiger partial charge on any atom is 0.251 e. The highest BCUT2D eigenvalue weighted by Crippen LogP contribution is 2.13. The van der Waals surface area contributed by atoms with Crippen LogP contribution in [-0.2, 0) is 0 Å². The highest BCUT2D eigenvalue weighted by Gasteiger charge is 2.09. The lowest BCUT2D eigenvalue weighted by Gasteiger charge is -2.11. The van der Waals surface area contributed by atoms with Crippen molar-refractivity contribution in [3.63, 3.8) is 0 Å². The van der Waals surface area contributed by atoms with Gasteiger partial charge in [0, 0.05) is 15.2 Å². The fourth-order valence-electron chi connectivity index (χ4n) is 1.09. The van der Waals surface area contributed by atoms with Crippen molar-refractivity contribution in [3.8, 4) is 0 Å². The van der Waals surface area contributed by atoms with E-state index in [2.05, 4.69) is 27.9 Å². The first-order chi connectivity index (χ1) is 7.04. The van der Waals surface area contributed by atoms with E-state index in [1.54, 1.807) is 13.0 Å². The Hall–Kier alpha value is -0.620. The Labute approximate surface area is 103 Å². The second-order valence-corrected chi connectivity index (χ2v) is 4.68. The lowest BCUT2D eigenvalue weighted by molar-refractivity contribution is 0.0922. The van der Waals surface area contributed by atoms with Crippen LogP contribution in [0.5, 0.6) is 0 Å². The lowest BCUT2D eigenvalue weighted by Crippen LogP contribution is -2.35. The predicted octanol–water partition coefficient (Wildman–Crippen LogP) is 1.71. The van der Waals surface area contributed by atoms with Crippen molar-refractivity contribution in [2.75, 3.05) is 6.61 Å². The summed E-state index contributed by atoms with van der Waals surface area (Å²) in [4.78, 5) is 11.7. The molecule has 1 atom stereocenters. The van der Waals surface area contributed by atoms with Crippen molar-refractivity contribution in [2.24, 2.45) is 0 Å². The molecular formula is C11H14INO2. The molecule has 1 aromatic rings. The molecule has 1 unspecified atom stereocenters. The fraction of sp³-hybridized carbons (Fsp3) is 0.364. The average molecular weight is 319 g/mol. The number of benzene rings is 1. The van der Waals surface area contributed by atoms with Gasteiger partial charge in [0.2, 0.25) is 0 Å². The van der Waals surface area contributed by atoms with Gasteiger partial charge in [0.1, 0.15) is 0 Å². The molecule has 1 rings (SSSR count). The van der Waals surface area contributed by atoms with Gasteiger partial charge in [-0.15, -0.1) is 0 Å². The van der Waals surface area contributed by atoms with Gasteiger partial charge in [-0.3, -0.25) is 4.79 Å². The molecule has 3 nitrogen and oxygen atoms in total. The number of aliphatic hydroxyl groups excluding tert-OH is 1. The van der Waals surface area contributed by atoms with Crippen LogP contribution in [0.2, 0.25) is 0 Å². The van der Waals surface area contributed by atoms with Crippen molar-refractivity contribution in [1.82, 2.24) is 5.32 Å². The fourth-order valence-corrected chi connectivity index (χ4v) is 1.60. The van der Waals surface area contributed by atoms with Crippen LogP contribution in [0.3, 0.4) is 0 Å². The number of aliphatic hydroxyl groups is 1. The van der Waals surface area contributed by atoms with Crippen molar-refractivity contribution < 1.29 is 9.90 Å². The summed E-state index contributed by atoms with van der Waals surface area (Å²) < 4.78 is 1.07. The van der Waals surface area contributed by atoms with E-state index < -0.39 is 0 Å². The smallest absolute Gasteiger partial charge is 0.251 e. The SMILES string of the molecule is Cc1ccc(C(=O)NC(C)CO)cc1I. The Kier molecular flexibility index (Phi) is 4.53. The second-order valence-electron chi connectivity index (χ2n) is 3.52. The van der Waals surface area contributed by atoms with Crippen LogP contribution in [0.1, 0.15) is 22.8 Å². The Morgan fingerprint density at radius 3 is 2.80 bits per heavy atom. The van der Waals surface area contributed by atoms with Gasteiger partial charge >= 0.3 is 0 Å². The number of rotatable bonds is 3. The molecule has 4 heteroatoms. The number of nitrogens with one attached hydrogen (secondary N) is 1. The first kappa shape index (κ1) is 12.4. The largest absolute Gasteiger partial charge is 0.394 e. The van der Waals surface area contributed by atoms with E-state index in [0.29, 0.717) is 5.56 Å². The summed E-state index contributed by atoms with van der Waals surface area (Å²) in [5, 5.41) is 11.5. The standard InChI is InChI=1S/C11H14INO2/c1-7-3-4-9(5-10(7)12)11(15)13-8(2)6-14/h3-5,8,14H,6H2,1-2H3,(H,13,15). The molecule has 1 aromatic carbocycles. The average Bonchev–Trinajstić information content (AvgIpc) is 2.21. The quantitative estimate of drug-likeness (QED) is 0.834. The molecule has 15 heavy (non-hydrogen) atoms. The van der Waals surface area contributed by atoms with E-state index in [1.165, 1.54) is 0 Å². The van der Waals surface area contributed by atoms with Crippen LogP contribution < -0.4 is 5.32 Å². The summed E-state index contributed by atoms with van der Waals surface area (Å²) in [5.74, 6) is -0.144. The van der Waals surface area contributed by atoms with Crippen LogP contribution in [0, 0.1) is 10.5 Å². The number of halogens is 1. The van der Waals surface area contributed by atoms with E-state index in [-0.39, 0.29) is 18.6 Å². The molecule has 0 fully saturated rings. The number of carbonyl (C=O) groups is 1. The topological polar surface area (TPSA) is 49.3 Å². The Morgan fingerprint density at radius 1 is 1.60 bits per heavy atom. The first-order valence-corrected chi connectivity index (χ1v) is 5.80. The summed E-state index contributed by atoms with van der Waals surface area (Å²) in [6.45, 7) is 3.71. The molecule has 0 heterocycles. The van der Waals surface area contributed by atoms with Crippen LogP contribution in [0.15, 0.2) is 18.2 Å². The molecule has 1 amide bonds. The zero-order chi connectivity index (χ0) is 11.4. The van der Waals surface area contributed by atoms with Crippen LogP contribution in [-0.4, -0.2) is 23.7 Å². The lowest BCUT2D eigenvalue weighted by atomic mass is 10.1. The Bertz CT molecular complexity index is 366. The molecule has 0 aliphatic heterocycles. The number of amides is 1. The van der Waals surface area contributed by atoms with Gasteiger partial charge in [-0.25, -0.2) is 0 Å². The normalized spacial score (nSPS) is 12.3. The molecule has 2 N–H and O–H groups in total. The molecule has 82 valence electrons. The van der Waals surface area contributed by atoms with E-state index in [4.69, 9.17) is 5.11 Å². The van der Waals surface area contributed by atoms with Gasteiger partial charge in [0.25, 0.3) is 5.91 Å². The van der Waals surface area contributed by atoms with Crippen LogP contribution in [0.4, 0.5) is 0 Å². The minimum absolute atomic E-state index is 0.0469. The zero-order valence-corrected chi connectivity index (χ0v) is 10.9. The molecule has 0 spiro atoms. The van der Waals surface area contributed by atoms with E-state index in [0.717, 1.165) is 9.13 Å². The number of carbonyl (C=O) groups excluding carboxylic acids is 1. The Balaban J connectivity index is 2.78. The van der Waals surface area contributed by atoms with Gasteiger partial charge in [0.15, 0.2) is 0 Å². The highest BCUT2D eigenvalue weighted by atomic mass is 127. The first-order valence-electron chi connectivity index (χ1n) is 4.72. The van der Waals surface area contributed by atoms with E-state index >= 15 is 0 Å². The zero-order valence-electron chi connectivity index (χ0n) is 8.75. The third kappa shape index (κ3) is 3.46. The monoisotopic (exact) mass is 319 g/mol. The van der Waals surface area contributed by atoms with Gasteiger partial charge in [-0.05, 0) is 54.1 Å². The van der Waals surface area contributed by atoms with Crippen molar-refractivity contribution in [3.05, 3.63) is 32.9 Å². The molecular weight excluding hydrogens is 305 g/mol. The number of hydrogen-bond acceptors (Lipinski definition) is 2. The predicted molar refractivity (Wildman–Crippen MR) is 67.9 cm³/mol. The summed E-state index contributed by atoms with van der Waals surface area (Å²) in [7, 11) is 0. The maximum absolute atomic E-state index is 11.7. The minimum Gasteiger partial charge on any atom is -0.394 e. The third-order valence-electron chi connectivity index (χ3n) is 2.09. The van der Waals surface area contributed by atoms with Crippen molar-refractivity contribution in [2.45, 2.75) is 19.9 Å². The van der Waals surface area contributed by atoms with Crippen molar-refractivity contribution >= 4 is 28.5 Å². The highest BCUT2D eigenvalue weighted by molar-refractivity contribution is 14.1. The molecule has 0 saturated heterocycles. The van der Waals surface area contributed by atoms with Crippen LogP contribution in [0.25, 0.3) is 0 Å².